The summed E-state index contributed by atoms with van der Waals surface area (Å²) >= 11 is 0. The lowest BCUT2D eigenvalue weighted by molar-refractivity contribution is -0.150. The molecular formula is C34H45FN4O9. The standard InChI is InChI=1S/C34H45FN4O9/c1-34(2,3)48-33(45)38-16-17-39(29(40)20-36(4)5)25(19-38)22-46-28-14-12-24(35)18-26(28)31(43)37(6)27(13-15-30(41)42)32(44)47-21-23-10-8-7-9-11-23/h7-12,14,18,25,27H,13,15-17,19-22H2,1-6H3,(H,41,42)/t25-,27-/m1/s1. The van der Waals surface area contributed by atoms with Crippen LogP contribution < -0.4 is 4.74 Å². The lowest BCUT2D eigenvalue weighted by Crippen LogP contribution is -2.60. The average Bonchev–Trinajstić information content (AvgIpc) is 3.01. The fourth-order valence-corrected chi connectivity index (χ4v) is 5.05. The van der Waals surface area contributed by atoms with Crippen molar-refractivity contribution in [2.24, 2.45) is 0 Å². The molecular weight excluding hydrogens is 627 g/mol. The highest BCUT2D eigenvalue weighted by Gasteiger charge is 2.36. The molecule has 0 spiro atoms. The summed E-state index contributed by atoms with van der Waals surface area (Å²) in [5.41, 5.74) is -0.254. The highest BCUT2D eigenvalue weighted by Crippen LogP contribution is 2.25. The van der Waals surface area contributed by atoms with Crippen molar-refractivity contribution in [3.05, 3.63) is 65.5 Å². The van der Waals surface area contributed by atoms with Gasteiger partial charge in [-0.3, -0.25) is 14.4 Å². The SMILES string of the molecule is CN(C)CC(=O)N1CCN(C(=O)OC(C)(C)C)C[C@@H]1COc1ccc(F)cc1C(=O)N(C)[C@H](CCC(=O)O)C(=O)OCc1ccccc1. The molecule has 14 heteroatoms. The first-order chi connectivity index (χ1) is 22.6. The van der Waals surface area contributed by atoms with Crippen molar-refractivity contribution in [3.63, 3.8) is 0 Å². The number of carbonyl (C=O) groups excluding carboxylic acids is 4. The molecule has 48 heavy (non-hydrogen) atoms. The topological polar surface area (TPSA) is 146 Å². The van der Waals surface area contributed by atoms with Crippen molar-refractivity contribution in [1.82, 2.24) is 19.6 Å². The van der Waals surface area contributed by atoms with Gasteiger partial charge in [-0.15, -0.1) is 0 Å². The van der Waals surface area contributed by atoms with Crippen molar-refractivity contribution in [1.29, 1.82) is 0 Å². The Morgan fingerprint density at radius 1 is 1.02 bits per heavy atom. The first-order valence-corrected chi connectivity index (χ1v) is 15.6. The van der Waals surface area contributed by atoms with Crippen LogP contribution in [0.15, 0.2) is 48.5 Å². The van der Waals surface area contributed by atoms with Crippen molar-refractivity contribution in [2.45, 2.75) is 57.9 Å². The van der Waals surface area contributed by atoms with E-state index in [1.807, 2.05) is 0 Å². The van der Waals surface area contributed by atoms with Crippen LogP contribution in [-0.2, 0) is 30.5 Å². The van der Waals surface area contributed by atoms with Crippen LogP contribution in [0, 0.1) is 5.82 Å². The van der Waals surface area contributed by atoms with Crippen LogP contribution >= 0.6 is 0 Å². The normalized spacial score (nSPS) is 15.5. The molecule has 2 atom stereocenters. The summed E-state index contributed by atoms with van der Waals surface area (Å²) in [5.74, 6) is -3.78. The Morgan fingerprint density at radius 3 is 2.33 bits per heavy atom. The van der Waals surface area contributed by atoms with Gasteiger partial charge in [0.2, 0.25) is 5.91 Å². The van der Waals surface area contributed by atoms with E-state index in [9.17, 15) is 33.5 Å². The van der Waals surface area contributed by atoms with E-state index in [1.165, 1.54) is 18.0 Å². The Balaban J connectivity index is 1.83. The second-order valence-electron chi connectivity index (χ2n) is 12.8. The van der Waals surface area contributed by atoms with Gasteiger partial charge in [-0.05, 0) is 65.0 Å². The molecule has 1 aliphatic heterocycles. The zero-order valence-corrected chi connectivity index (χ0v) is 28.3. The van der Waals surface area contributed by atoms with E-state index in [-0.39, 0.29) is 63.0 Å². The van der Waals surface area contributed by atoms with Crippen LogP contribution in [0.1, 0.15) is 49.5 Å². The summed E-state index contributed by atoms with van der Waals surface area (Å²) in [6.45, 7) is 5.67. The van der Waals surface area contributed by atoms with Crippen LogP contribution in [0.4, 0.5) is 9.18 Å². The first-order valence-electron chi connectivity index (χ1n) is 15.6. The van der Waals surface area contributed by atoms with Gasteiger partial charge in [0.25, 0.3) is 5.91 Å². The number of carboxylic acid groups (broad SMARTS) is 1. The fraction of sp³-hybridized carbons (Fsp3) is 0.500. The minimum atomic E-state index is -1.30. The van der Waals surface area contributed by atoms with E-state index < -0.39 is 53.9 Å². The Bertz CT molecular complexity index is 1450. The van der Waals surface area contributed by atoms with Gasteiger partial charge in [0, 0.05) is 33.1 Å². The van der Waals surface area contributed by atoms with Gasteiger partial charge in [0.1, 0.15) is 36.4 Å². The van der Waals surface area contributed by atoms with Gasteiger partial charge in [0.15, 0.2) is 0 Å². The third-order valence-electron chi connectivity index (χ3n) is 7.42. The Morgan fingerprint density at radius 2 is 1.71 bits per heavy atom. The quantitative estimate of drug-likeness (QED) is 0.315. The second kappa shape index (κ2) is 16.9. The smallest absolute Gasteiger partial charge is 0.410 e. The summed E-state index contributed by atoms with van der Waals surface area (Å²) in [4.78, 5) is 70.1. The average molecular weight is 673 g/mol. The number of nitrogens with zero attached hydrogens (tertiary/aromatic N) is 4. The number of carboxylic acids is 1. The molecule has 1 heterocycles. The van der Waals surface area contributed by atoms with Crippen LogP contribution in [0.3, 0.4) is 0 Å². The zero-order valence-electron chi connectivity index (χ0n) is 28.3. The molecule has 0 bridgehead atoms. The van der Waals surface area contributed by atoms with E-state index in [4.69, 9.17) is 14.2 Å². The molecule has 0 saturated carbocycles. The monoisotopic (exact) mass is 672 g/mol. The first kappa shape index (κ1) is 37.7. The summed E-state index contributed by atoms with van der Waals surface area (Å²) in [5, 5.41) is 9.29. The number of amides is 3. The van der Waals surface area contributed by atoms with Crippen LogP contribution in [-0.4, -0.2) is 126 Å². The molecule has 13 nitrogen and oxygen atoms in total. The molecule has 1 aliphatic rings. The molecule has 0 unspecified atom stereocenters. The Kier molecular flexibility index (Phi) is 13.3. The summed E-state index contributed by atoms with van der Waals surface area (Å²) < 4.78 is 31.5. The number of likely N-dealkylation sites (N-methyl/N-ethyl adjacent to an activating group) is 2. The molecule has 2 aromatic carbocycles. The van der Waals surface area contributed by atoms with Crippen molar-refractivity contribution >= 4 is 29.8 Å². The number of esters is 1. The number of benzene rings is 2. The lowest BCUT2D eigenvalue weighted by Gasteiger charge is -2.41. The second-order valence-corrected chi connectivity index (χ2v) is 12.8. The number of hydrogen-bond acceptors (Lipinski definition) is 9. The Labute approximate surface area is 280 Å². The minimum absolute atomic E-state index is 0.0303. The largest absolute Gasteiger partial charge is 0.491 e. The summed E-state index contributed by atoms with van der Waals surface area (Å²) in [6.07, 6.45) is -1.22. The molecule has 1 saturated heterocycles. The summed E-state index contributed by atoms with van der Waals surface area (Å²) in [6, 6.07) is 10.2. The molecule has 0 aliphatic carbocycles. The molecule has 3 rings (SSSR count). The number of rotatable bonds is 13. The number of ether oxygens (including phenoxy) is 3. The van der Waals surface area contributed by atoms with Gasteiger partial charge in [0.05, 0.1) is 18.2 Å². The van der Waals surface area contributed by atoms with Crippen LogP contribution in [0.2, 0.25) is 0 Å². The molecule has 0 aromatic heterocycles. The zero-order chi connectivity index (χ0) is 35.6. The maximum Gasteiger partial charge on any atom is 0.410 e. The van der Waals surface area contributed by atoms with Gasteiger partial charge < -0.3 is 38.9 Å². The predicted molar refractivity (Wildman–Crippen MR) is 173 cm³/mol. The van der Waals surface area contributed by atoms with Crippen molar-refractivity contribution < 1.29 is 47.7 Å². The Hall–Kier alpha value is -4.72. The van der Waals surface area contributed by atoms with Gasteiger partial charge in [-0.1, -0.05) is 30.3 Å². The van der Waals surface area contributed by atoms with Crippen LogP contribution in [0.5, 0.6) is 5.75 Å². The van der Waals surface area contributed by atoms with E-state index >= 15 is 0 Å². The third kappa shape index (κ3) is 11.2. The minimum Gasteiger partial charge on any atom is -0.491 e. The molecule has 3 amide bonds. The number of hydrogen-bond donors (Lipinski definition) is 1. The molecule has 262 valence electrons. The van der Waals surface area contributed by atoms with E-state index in [1.54, 1.807) is 75.0 Å². The third-order valence-corrected chi connectivity index (χ3v) is 7.42. The molecule has 1 fully saturated rings. The summed E-state index contributed by atoms with van der Waals surface area (Å²) in [7, 11) is 4.82. The highest BCUT2D eigenvalue weighted by atomic mass is 19.1. The number of aliphatic carboxylic acids is 1. The van der Waals surface area contributed by atoms with Gasteiger partial charge >= 0.3 is 18.0 Å². The molecule has 0 radical (unpaired) electrons. The lowest BCUT2D eigenvalue weighted by atomic mass is 10.1. The fourth-order valence-electron chi connectivity index (χ4n) is 5.05. The highest BCUT2D eigenvalue weighted by molar-refractivity contribution is 5.99. The van der Waals surface area contributed by atoms with Crippen molar-refractivity contribution in [3.8, 4) is 5.75 Å². The van der Waals surface area contributed by atoms with Crippen molar-refractivity contribution in [2.75, 3.05) is 53.9 Å². The van der Waals surface area contributed by atoms with E-state index in [0.29, 0.717) is 5.56 Å². The maximum absolute atomic E-state index is 14.5. The predicted octanol–water partition coefficient (Wildman–Crippen LogP) is 3.26. The van der Waals surface area contributed by atoms with Gasteiger partial charge in [-0.2, -0.15) is 0 Å². The molecule has 2 aromatic rings. The van der Waals surface area contributed by atoms with E-state index in [0.717, 1.165) is 17.0 Å². The number of carbonyl (C=O) groups is 5. The van der Waals surface area contributed by atoms with Gasteiger partial charge in [-0.25, -0.2) is 14.0 Å². The number of piperazine rings is 1. The van der Waals surface area contributed by atoms with Crippen LogP contribution in [0.25, 0.3) is 0 Å². The molecule has 1 N–H and O–H groups in total. The maximum atomic E-state index is 14.5. The van der Waals surface area contributed by atoms with E-state index in [2.05, 4.69) is 0 Å². The number of halogens is 1.